The lowest BCUT2D eigenvalue weighted by Gasteiger charge is -2.06. The van der Waals surface area contributed by atoms with Crippen molar-refractivity contribution in [2.45, 2.75) is 6.92 Å². The number of hydrogen-bond acceptors (Lipinski definition) is 2. The maximum absolute atomic E-state index is 11.9. The molecule has 0 heterocycles. The molecule has 0 aliphatic rings. The highest BCUT2D eigenvalue weighted by molar-refractivity contribution is 6.04. The average Bonchev–Trinajstić information content (AvgIpc) is 2.34. The number of nitrogens with one attached hydrogen (secondary N) is 1. The number of phenolic OH excluding ortho intramolecular Hbond substituents is 1. The van der Waals surface area contributed by atoms with Gasteiger partial charge in [0.05, 0.1) is 0 Å². The second kappa shape index (κ2) is 4.70. The van der Waals surface area contributed by atoms with Crippen LogP contribution < -0.4 is 5.32 Å². The molecule has 0 saturated carbocycles. The van der Waals surface area contributed by atoms with E-state index in [0.29, 0.717) is 11.1 Å². The maximum atomic E-state index is 11.9. The number of benzene rings is 2. The molecule has 0 aromatic heterocycles. The van der Waals surface area contributed by atoms with Crippen molar-refractivity contribution in [3.8, 4) is 5.75 Å². The normalized spacial score (nSPS) is 9.94. The largest absolute Gasteiger partial charge is 0.508 e. The van der Waals surface area contributed by atoms with E-state index >= 15 is 0 Å². The van der Waals surface area contributed by atoms with Crippen molar-refractivity contribution in [1.82, 2.24) is 0 Å². The van der Waals surface area contributed by atoms with Crippen LogP contribution >= 0.6 is 0 Å². The zero-order valence-corrected chi connectivity index (χ0v) is 9.47. The highest BCUT2D eigenvalue weighted by Gasteiger charge is 2.07. The van der Waals surface area contributed by atoms with E-state index in [9.17, 15) is 9.90 Å². The van der Waals surface area contributed by atoms with Crippen molar-refractivity contribution in [2.75, 3.05) is 5.32 Å². The van der Waals surface area contributed by atoms with E-state index in [4.69, 9.17) is 0 Å². The molecule has 0 aliphatic heterocycles. The Kier molecular flexibility index (Phi) is 3.10. The van der Waals surface area contributed by atoms with E-state index in [1.807, 2.05) is 30.3 Å². The summed E-state index contributed by atoms with van der Waals surface area (Å²) in [6, 6.07) is 14.0. The van der Waals surface area contributed by atoms with Crippen LogP contribution in [0.2, 0.25) is 0 Å². The quantitative estimate of drug-likeness (QED) is 0.828. The molecule has 0 radical (unpaired) electrons. The molecule has 0 fully saturated rings. The topological polar surface area (TPSA) is 49.3 Å². The number of amides is 1. The summed E-state index contributed by atoms with van der Waals surface area (Å²) < 4.78 is 0. The van der Waals surface area contributed by atoms with Crippen molar-refractivity contribution < 1.29 is 9.90 Å². The summed E-state index contributed by atoms with van der Waals surface area (Å²) in [4.78, 5) is 11.9. The summed E-state index contributed by atoms with van der Waals surface area (Å²) in [5.74, 6) is 0.0144. The summed E-state index contributed by atoms with van der Waals surface area (Å²) in [6.07, 6.45) is 0. The Morgan fingerprint density at radius 1 is 1.12 bits per heavy atom. The number of anilines is 1. The Morgan fingerprint density at radius 2 is 1.82 bits per heavy atom. The van der Waals surface area contributed by atoms with Crippen LogP contribution in [0.15, 0.2) is 48.5 Å². The summed E-state index contributed by atoms with van der Waals surface area (Å²) in [5, 5.41) is 12.2. The van der Waals surface area contributed by atoms with Crippen LogP contribution in [-0.2, 0) is 0 Å². The van der Waals surface area contributed by atoms with Crippen LogP contribution in [0.25, 0.3) is 0 Å². The second-order valence-corrected chi connectivity index (χ2v) is 3.82. The first-order valence-electron chi connectivity index (χ1n) is 5.33. The van der Waals surface area contributed by atoms with Gasteiger partial charge in [0.15, 0.2) is 0 Å². The first-order chi connectivity index (χ1) is 8.16. The molecule has 0 saturated heterocycles. The molecule has 1 amide bonds. The van der Waals surface area contributed by atoms with Gasteiger partial charge in [0.2, 0.25) is 0 Å². The van der Waals surface area contributed by atoms with Gasteiger partial charge in [0.1, 0.15) is 5.75 Å². The van der Waals surface area contributed by atoms with Crippen molar-refractivity contribution in [1.29, 1.82) is 0 Å². The molecule has 0 spiro atoms. The molecule has 0 unspecified atom stereocenters. The molecule has 2 N–H and O–H groups in total. The monoisotopic (exact) mass is 227 g/mol. The standard InChI is InChI=1S/C14H13NO2/c1-10-9-11(7-8-13(10)16)14(17)15-12-5-3-2-4-6-12/h2-9,16H,1H3,(H,15,17). The average molecular weight is 227 g/mol. The Morgan fingerprint density at radius 3 is 2.47 bits per heavy atom. The zero-order chi connectivity index (χ0) is 12.3. The fraction of sp³-hybridized carbons (Fsp3) is 0.0714. The van der Waals surface area contributed by atoms with Gasteiger partial charge < -0.3 is 10.4 Å². The lowest BCUT2D eigenvalue weighted by molar-refractivity contribution is 0.102. The number of aromatic hydroxyl groups is 1. The minimum atomic E-state index is -0.181. The molecular formula is C14H13NO2. The van der Waals surface area contributed by atoms with Gasteiger partial charge >= 0.3 is 0 Å². The van der Waals surface area contributed by atoms with Gasteiger partial charge in [0.25, 0.3) is 5.91 Å². The Bertz CT molecular complexity index is 535. The van der Waals surface area contributed by atoms with Gasteiger partial charge in [-0.25, -0.2) is 0 Å². The number of carbonyl (C=O) groups excluding carboxylic acids is 1. The minimum absolute atomic E-state index is 0.181. The van der Waals surface area contributed by atoms with Crippen LogP contribution in [0, 0.1) is 6.92 Å². The highest BCUT2D eigenvalue weighted by Crippen LogP contribution is 2.17. The number of para-hydroxylation sites is 1. The molecule has 17 heavy (non-hydrogen) atoms. The summed E-state index contributed by atoms with van der Waals surface area (Å²) in [7, 11) is 0. The molecule has 2 aromatic carbocycles. The van der Waals surface area contributed by atoms with Crippen LogP contribution in [-0.4, -0.2) is 11.0 Å². The first-order valence-corrected chi connectivity index (χ1v) is 5.33. The lowest BCUT2D eigenvalue weighted by atomic mass is 10.1. The third kappa shape index (κ3) is 2.64. The SMILES string of the molecule is Cc1cc(C(=O)Nc2ccccc2)ccc1O. The van der Waals surface area contributed by atoms with Crippen LogP contribution in [0.3, 0.4) is 0 Å². The van der Waals surface area contributed by atoms with E-state index in [2.05, 4.69) is 5.32 Å². The molecule has 3 heteroatoms. The zero-order valence-electron chi connectivity index (χ0n) is 9.47. The molecule has 0 aliphatic carbocycles. The molecular weight excluding hydrogens is 214 g/mol. The summed E-state index contributed by atoms with van der Waals surface area (Å²) in [5.41, 5.74) is 1.97. The molecule has 2 aromatic rings. The van der Waals surface area contributed by atoms with Crippen molar-refractivity contribution >= 4 is 11.6 Å². The van der Waals surface area contributed by atoms with Crippen molar-refractivity contribution in [2.24, 2.45) is 0 Å². The van der Waals surface area contributed by atoms with Gasteiger partial charge in [-0.3, -0.25) is 4.79 Å². The van der Waals surface area contributed by atoms with Crippen LogP contribution in [0.4, 0.5) is 5.69 Å². The van der Waals surface area contributed by atoms with Crippen LogP contribution in [0.5, 0.6) is 5.75 Å². The first kappa shape index (κ1) is 11.2. The van der Waals surface area contributed by atoms with Gasteiger partial charge in [0, 0.05) is 11.3 Å². The highest BCUT2D eigenvalue weighted by atomic mass is 16.3. The number of aryl methyl sites for hydroxylation is 1. The van der Waals surface area contributed by atoms with E-state index < -0.39 is 0 Å². The Labute approximate surface area is 99.7 Å². The van der Waals surface area contributed by atoms with E-state index in [-0.39, 0.29) is 11.7 Å². The van der Waals surface area contributed by atoms with E-state index in [1.165, 1.54) is 6.07 Å². The second-order valence-electron chi connectivity index (χ2n) is 3.82. The van der Waals surface area contributed by atoms with Gasteiger partial charge in [-0.15, -0.1) is 0 Å². The molecule has 0 bridgehead atoms. The van der Waals surface area contributed by atoms with Crippen molar-refractivity contribution in [3.63, 3.8) is 0 Å². The fourth-order valence-electron chi connectivity index (χ4n) is 1.52. The summed E-state index contributed by atoms with van der Waals surface area (Å²) >= 11 is 0. The number of phenols is 1. The minimum Gasteiger partial charge on any atom is -0.508 e. The van der Waals surface area contributed by atoms with Gasteiger partial charge in [-0.2, -0.15) is 0 Å². The smallest absolute Gasteiger partial charge is 0.255 e. The maximum Gasteiger partial charge on any atom is 0.255 e. The molecule has 0 atom stereocenters. The molecule has 2 rings (SSSR count). The lowest BCUT2D eigenvalue weighted by Crippen LogP contribution is -2.11. The third-order valence-corrected chi connectivity index (χ3v) is 2.49. The Hall–Kier alpha value is -2.29. The number of hydrogen-bond donors (Lipinski definition) is 2. The predicted molar refractivity (Wildman–Crippen MR) is 67.2 cm³/mol. The third-order valence-electron chi connectivity index (χ3n) is 2.49. The van der Waals surface area contributed by atoms with E-state index in [0.717, 1.165) is 5.69 Å². The van der Waals surface area contributed by atoms with Gasteiger partial charge in [-0.1, -0.05) is 18.2 Å². The van der Waals surface area contributed by atoms with E-state index in [1.54, 1.807) is 19.1 Å². The molecule has 86 valence electrons. The van der Waals surface area contributed by atoms with Crippen LogP contribution in [0.1, 0.15) is 15.9 Å². The fourth-order valence-corrected chi connectivity index (χ4v) is 1.52. The van der Waals surface area contributed by atoms with Gasteiger partial charge in [-0.05, 0) is 42.8 Å². The molecule has 3 nitrogen and oxygen atoms in total. The number of carbonyl (C=O) groups is 1. The Balaban J connectivity index is 2.18. The predicted octanol–water partition coefficient (Wildman–Crippen LogP) is 2.95. The number of rotatable bonds is 2. The van der Waals surface area contributed by atoms with Crippen molar-refractivity contribution in [3.05, 3.63) is 59.7 Å². The summed E-state index contributed by atoms with van der Waals surface area (Å²) in [6.45, 7) is 1.76.